The van der Waals surface area contributed by atoms with Crippen LogP contribution in [0.25, 0.3) is 0 Å². The number of ether oxygens (including phenoxy) is 1. The zero-order valence-corrected chi connectivity index (χ0v) is 12.5. The SMILES string of the molecule is CCC1(CN=C(N)Nc2ccc(OC)cc2)CCCC1. The summed E-state index contributed by atoms with van der Waals surface area (Å²) in [4.78, 5) is 4.54. The number of benzene rings is 1. The van der Waals surface area contributed by atoms with Gasteiger partial charge in [-0.25, -0.2) is 0 Å². The van der Waals surface area contributed by atoms with Gasteiger partial charge in [0.25, 0.3) is 0 Å². The molecule has 20 heavy (non-hydrogen) atoms. The number of nitrogens with two attached hydrogens (primary N) is 1. The van der Waals surface area contributed by atoms with Crippen molar-refractivity contribution in [1.29, 1.82) is 0 Å². The van der Waals surface area contributed by atoms with Crippen LogP contribution in [0.2, 0.25) is 0 Å². The highest BCUT2D eigenvalue weighted by Gasteiger charge is 2.31. The van der Waals surface area contributed by atoms with Crippen LogP contribution >= 0.6 is 0 Å². The fourth-order valence-electron chi connectivity index (χ4n) is 2.86. The van der Waals surface area contributed by atoms with Crippen LogP contribution in [0.4, 0.5) is 5.69 Å². The topological polar surface area (TPSA) is 59.6 Å². The smallest absolute Gasteiger partial charge is 0.193 e. The van der Waals surface area contributed by atoms with Crippen molar-refractivity contribution in [2.75, 3.05) is 19.0 Å². The second-order valence-corrected chi connectivity index (χ2v) is 5.62. The van der Waals surface area contributed by atoms with E-state index < -0.39 is 0 Å². The van der Waals surface area contributed by atoms with Crippen molar-refractivity contribution in [3.63, 3.8) is 0 Å². The molecule has 1 fully saturated rings. The predicted molar refractivity (Wildman–Crippen MR) is 84.3 cm³/mol. The molecule has 0 aliphatic heterocycles. The molecule has 0 aromatic heterocycles. The number of nitrogens with one attached hydrogen (secondary N) is 1. The summed E-state index contributed by atoms with van der Waals surface area (Å²) < 4.78 is 5.13. The Bertz CT molecular complexity index is 447. The standard InChI is InChI=1S/C16H25N3O/c1-3-16(10-4-5-11-16)12-18-15(17)19-13-6-8-14(20-2)9-7-13/h6-9H,3-5,10-12H2,1-2H3,(H3,17,18,19). The van der Waals surface area contributed by atoms with Crippen LogP contribution in [-0.2, 0) is 0 Å². The summed E-state index contributed by atoms with van der Waals surface area (Å²) in [7, 11) is 1.66. The molecule has 0 heterocycles. The molecule has 0 unspecified atom stereocenters. The Balaban J connectivity index is 1.92. The monoisotopic (exact) mass is 275 g/mol. The van der Waals surface area contributed by atoms with Crippen molar-refractivity contribution in [2.24, 2.45) is 16.1 Å². The lowest BCUT2D eigenvalue weighted by Gasteiger charge is -2.25. The second-order valence-electron chi connectivity index (χ2n) is 5.62. The van der Waals surface area contributed by atoms with Crippen LogP contribution in [0.3, 0.4) is 0 Å². The van der Waals surface area contributed by atoms with E-state index in [2.05, 4.69) is 17.2 Å². The van der Waals surface area contributed by atoms with E-state index in [0.29, 0.717) is 11.4 Å². The van der Waals surface area contributed by atoms with E-state index in [1.54, 1.807) is 7.11 Å². The Morgan fingerprint density at radius 1 is 1.30 bits per heavy atom. The number of aliphatic imine (C=N–C) groups is 1. The van der Waals surface area contributed by atoms with Gasteiger partial charge in [0.05, 0.1) is 7.11 Å². The van der Waals surface area contributed by atoms with E-state index in [1.165, 1.54) is 32.1 Å². The summed E-state index contributed by atoms with van der Waals surface area (Å²) in [6.45, 7) is 3.09. The van der Waals surface area contributed by atoms with Crippen LogP contribution in [0.1, 0.15) is 39.0 Å². The Morgan fingerprint density at radius 3 is 2.50 bits per heavy atom. The van der Waals surface area contributed by atoms with Crippen molar-refractivity contribution >= 4 is 11.6 Å². The maximum absolute atomic E-state index is 5.98. The van der Waals surface area contributed by atoms with Gasteiger partial charge in [-0.15, -0.1) is 0 Å². The Kier molecular flexibility index (Phi) is 4.88. The van der Waals surface area contributed by atoms with Gasteiger partial charge < -0.3 is 15.8 Å². The van der Waals surface area contributed by atoms with E-state index in [1.807, 2.05) is 24.3 Å². The third-order valence-electron chi connectivity index (χ3n) is 4.36. The first-order valence-electron chi connectivity index (χ1n) is 7.38. The Labute approximate surface area is 121 Å². The van der Waals surface area contributed by atoms with Crippen LogP contribution in [0, 0.1) is 5.41 Å². The maximum atomic E-state index is 5.98. The fraction of sp³-hybridized carbons (Fsp3) is 0.562. The summed E-state index contributed by atoms with van der Waals surface area (Å²) >= 11 is 0. The molecular formula is C16H25N3O. The van der Waals surface area contributed by atoms with Crippen LogP contribution in [-0.4, -0.2) is 19.6 Å². The molecule has 1 aliphatic rings. The molecule has 0 amide bonds. The minimum Gasteiger partial charge on any atom is -0.497 e. The number of hydrogen-bond acceptors (Lipinski definition) is 2. The van der Waals surface area contributed by atoms with E-state index in [0.717, 1.165) is 18.0 Å². The summed E-state index contributed by atoms with van der Waals surface area (Å²) in [6, 6.07) is 7.68. The lowest BCUT2D eigenvalue weighted by molar-refractivity contribution is 0.297. The van der Waals surface area contributed by atoms with Gasteiger partial charge in [-0.2, -0.15) is 0 Å². The lowest BCUT2D eigenvalue weighted by Crippen LogP contribution is -2.26. The number of nitrogens with zero attached hydrogens (tertiary/aromatic N) is 1. The zero-order chi connectivity index (χ0) is 14.4. The molecule has 0 radical (unpaired) electrons. The second kappa shape index (κ2) is 6.64. The van der Waals surface area contributed by atoms with Gasteiger partial charge in [-0.1, -0.05) is 19.8 Å². The number of anilines is 1. The molecule has 1 aromatic rings. The molecule has 1 aromatic carbocycles. The molecule has 3 N–H and O–H groups in total. The molecule has 0 bridgehead atoms. The largest absolute Gasteiger partial charge is 0.497 e. The van der Waals surface area contributed by atoms with Gasteiger partial charge in [0.1, 0.15) is 5.75 Å². The van der Waals surface area contributed by atoms with Gasteiger partial charge in [0, 0.05) is 12.2 Å². The van der Waals surface area contributed by atoms with Crippen LogP contribution < -0.4 is 15.8 Å². The highest BCUT2D eigenvalue weighted by atomic mass is 16.5. The molecule has 0 saturated heterocycles. The summed E-state index contributed by atoms with van der Waals surface area (Å²) in [5, 5.41) is 3.13. The highest BCUT2D eigenvalue weighted by molar-refractivity contribution is 5.92. The molecule has 1 aliphatic carbocycles. The summed E-state index contributed by atoms with van der Waals surface area (Å²) in [5.74, 6) is 1.33. The maximum Gasteiger partial charge on any atom is 0.193 e. The zero-order valence-electron chi connectivity index (χ0n) is 12.5. The minimum absolute atomic E-state index is 0.381. The molecule has 4 heteroatoms. The fourth-order valence-corrected chi connectivity index (χ4v) is 2.86. The Morgan fingerprint density at radius 2 is 1.95 bits per heavy atom. The molecule has 110 valence electrons. The van der Waals surface area contributed by atoms with Crippen molar-refractivity contribution in [2.45, 2.75) is 39.0 Å². The first-order chi connectivity index (χ1) is 9.67. The number of guanidine groups is 1. The minimum atomic E-state index is 0.381. The molecule has 2 rings (SSSR count). The van der Waals surface area contributed by atoms with Gasteiger partial charge in [-0.3, -0.25) is 4.99 Å². The number of hydrogen-bond donors (Lipinski definition) is 2. The first kappa shape index (κ1) is 14.7. The third kappa shape index (κ3) is 3.65. The van der Waals surface area contributed by atoms with Gasteiger partial charge >= 0.3 is 0 Å². The lowest BCUT2D eigenvalue weighted by atomic mass is 9.84. The summed E-state index contributed by atoms with van der Waals surface area (Å²) in [5.41, 5.74) is 7.29. The van der Waals surface area contributed by atoms with E-state index in [4.69, 9.17) is 10.5 Å². The van der Waals surface area contributed by atoms with E-state index in [-0.39, 0.29) is 0 Å². The molecule has 1 saturated carbocycles. The van der Waals surface area contributed by atoms with Gasteiger partial charge in [0.2, 0.25) is 0 Å². The Hall–Kier alpha value is -1.71. The molecule has 0 spiro atoms. The molecule has 4 nitrogen and oxygen atoms in total. The number of rotatable bonds is 5. The average Bonchev–Trinajstić information content (AvgIpc) is 2.95. The van der Waals surface area contributed by atoms with Crippen molar-refractivity contribution < 1.29 is 4.74 Å². The van der Waals surface area contributed by atoms with E-state index in [9.17, 15) is 0 Å². The number of methoxy groups -OCH3 is 1. The first-order valence-corrected chi connectivity index (χ1v) is 7.38. The quantitative estimate of drug-likeness (QED) is 0.639. The molecular weight excluding hydrogens is 250 g/mol. The molecule has 0 atom stereocenters. The van der Waals surface area contributed by atoms with Crippen LogP contribution in [0.15, 0.2) is 29.3 Å². The average molecular weight is 275 g/mol. The van der Waals surface area contributed by atoms with E-state index >= 15 is 0 Å². The van der Waals surface area contributed by atoms with Gasteiger partial charge in [-0.05, 0) is 48.9 Å². The van der Waals surface area contributed by atoms with Crippen LogP contribution in [0.5, 0.6) is 5.75 Å². The normalized spacial score (nSPS) is 18.0. The van der Waals surface area contributed by atoms with Gasteiger partial charge in [0.15, 0.2) is 5.96 Å². The highest BCUT2D eigenvalue weighted by Crippen LogP contribution is 2.41. The van der Waals surface area contributed by atoms with Crippen molar-refractivity contribution in [1.82, 2.24) is 0 Å². The predicted octanol–water partition coefficient (Wildman–Crippen LogP) is 3.39. The summed E-state index contributed by atoms with van der Waals surface area (Å²) in [6.07, 6.45) is 6.41. The van der Waals surface area contributed by atoms with Crippen molar-refractivity contribution in [3.05, 3.63) is 24.3 Å². The van der Waals surface area contributed by atoms with Crippen molar-refractivity contribution in [3.8, 4) is 5.75 Å². The third-order valence-corrected chi connectivity index (χ3v) is 4.36.